The van der Waals surface area contributed by atoms with Crippen LogP contribution in [0, 0.1) is 0 Å². The summed E-state index contributed by atoms with van der Waals surface area (Å²) < 4.78 is 5.90. The number of phenols is 1. The highest BCUT2D eigenvalue weighted by atomic mass is 16.5. The molecule has 3 aromatic carbocycles. The number of hydrogen-bond acceptors (Lipinski definition) is 7. The van der Waals surface area contributed by atoms with Gasteiger partial charge in [-0.2, -0.15) is 5.01 Å². The van der Waals surface area contributed by atoms with E-state index in [9.17, 15) is 19.5 Å². The number of hydrazine groups is 1. The molecule has 224 valence electrons. The van der Waals surface area contributed by atoms with Crippen LogP contribution in [-0.4, -0.2) is 95.3 Å². The summed E-state index contributed by atoms with van der Waals surface area (Å²) in [6.07, 6.45) is -0.251. The largest absolute Gasteiger partial charge is 0.508 e. The van der Waals surface area contributed by atoms with Crippen molar-refractivity contribution in [3.63, 3.8) is 0 Å². The number of piperazine rings is 1. The third kappa shape index (κ3) is 5.68. The van der Waals surface area contributed by atoms with Crippen LogP contribution >= 0.6 is 0 Å². The van der Waals surface area contributed by atoms with Gasteiger partial charge in [-0.15, -0.1) is 0 Å². The van der Waals surface area contributed by atoms with Gasteiger partial charge in [0.1, 0.15) is 30.3 Å². The van der Waals surface area contributed by atoms with Gasteiger partial charge in [-0.05, 0) is 34.9 Å². The van der Waals surface area contributed by atoms with Crippen LogP contribution in [-0.2, 0) is 29.1 Å². The molecular formula is C32H36N6O5. The molecule has 3 aliphatic heterocycles. The van der Waals surface area contributed by atoms with Crippen molar-refractivity contribution in [1.29, 1.82) is 0 Å². The van der Waals surface area contributed by atoms with E-state index in [2.05, 4.69) is 10.2 Å². The van der Waals surface area contributed by atoms with Gasteiger partial charge in [0.2, 0.25) is 11.8 Å². The maximum absolute atomic E-state index is 14.1. The fraction of sp³-hybridized carbons (Fsp3) is 0.344. The first kappa shape index (κ1) is 28.4. The molecule has 11 nitrogen and oxygen atoms in total. The van der Waals surface area contributed by atoms with E-state index in [-0.39, 0.29) is 43.1 Å². The highest BCUT2D eigenvalue weighted by Gasteiger charge is 2.51. The van der Waals surface area contributed by atoms with Crippen molar-refractivity contribution in [3.05, 3.63) is 89.5 Å². The Bertz CT molecular complexity index is 1500. The van der Waals surface area contributed by atoms with E-state index in [0.29, 0.717) is 19.7 Å². The first-order valence-corrected chi connectivity index (χ1v) is 14.5. The van der Waals surface area contributed by atoms with E-state index in [4.69, 9.17) is 4.74 Å². The Hall–Kier alpha value is -4.77. The van der Waals surface area contributed by atoms with Gasteiger partial charge in [0, 0.05) is 33.6 Å². The molecule has 3 aromatic rings. The normalized spacial score (nSPS) is 20.0. The summed E-state index contributed by atoms with van der Waals surface area (Å²) in [4.78, 5) is 46.4. The number of fused-ring (bicyclic) bond motifs is 2. The molecule has 0 aromatic heterocycles. The summed E-state index contributed by atoms with van der Waals surface area (Å²) in [5.74, 6) is 0.540. The average molecular weight is 585 g/mol. The standard InChI is InChI=1S/C32H36N6O5/c1-34-15-16-43-27-10-6-9-24(30(27)34)19-36-20-28-37(35(2)32(42)33-18-23-7-4-3-5-8-23)21-29(40)38(28)26(31(36)41)17-22-11-13-25(39)14-12-22/h3-14,26,28,39H,15-21H2,1-2H3,(H,33,42)/t26-,28+/m0/s1. The highest BCUT2D eigenvalue weighted by molar-refractivity contribution is 5.92. The van der Waals surface area contributed by atoms with Gasteiger partial charge in [-0.25, -0.2) is 4.79 Å². The number of ether oxygens (including phenoxy) is 1. The van der Waals surface area contributed by atoms with Crippen molar-refractivity contribution in [2.75, 3.05) is 45.2 Å². The number of benzene rings is 3. The number of carbonyl (C=O) groups is 3. The fourth-order valence-electron chi connectivity index (χ4n) is 6.17. The average Bonchev–Trinajstić information content (AvgIpc) is 3.34. The van der Waals surface area contributed by atoms with Gasteiger partial charge in [0.15, 0.2) is 0 Å². The second kappa shape index (κ2) is 11.8. The third-order valence-corrected chi connectivity index (χ3v) is 8.41. The summed E-state index contributed by atoms with van der Waals surface area (Å²) in [6.45, 7) is 2.23. The van der Waals surface area contributed by atoms with E-state index in [0.717, 1.165) is 34.7 Å². The zero-order valence-electron chi connectivity index (χ0n) is 24.3. The predicted molar refractivity (Wildman–Crippen MR) is 160 cm³/mol. The Kier molecular flexibility index (Phi) is 7.81. The van der Waals surface area contributed by atoms with Gasteiger partial charge in [0.05, 0.1) is 25.3 Å². The van der Waals surface area contributed by atoms with Crippen LogP contribution in [0.15, 0.2) is 72.8 Å². The predicted octanol–water partition coefficient (Wildman–Crippen LogP) is 2.40. The molecular weight excluding hydrogens is 548 g/mol. The Balaban J connectivity index is 1.28. The third-order valence-electron chi connectivity index (χ3n) is 8.41. The second-order valence-corrected chi connectivity index (χ2v) is 11.2. The van der Waals surface area contributed by atoms with Crippen LogP contribution in [0.1, 0.15) is 16.7 Å². The highest BCUT2D eigenvalue weighted by Crippen LogP contribution is 2.36. The number of likely N-dealkylation sites (N-methyl/N-ethyl adjacent to an activating group) is 1. The van der Waals surface area contributed by atoms with Crippen molar-refractivity contribution in [1.82, 2.24) is 25.1 Å². The molecule has 4 amide bonds. The molecule has 0 radical (unpaired) electrons. The van der Waals surface area contributed by atoms with E-state index in [1.54, 1.807) is 46.1 Å². The molecule has 0 unspecified atom stereocenters. The molecule has 3 heterocycles. The Labute approximate surface area is 250 Å². The number of rotatable bonds is 7. The van der Waals surface area contributed by atoms with Gasteiger partial charge < -0.3 is 29.9 Å². The number of carbonyl (C=O) groups excluding carboxylic acids is 3. The van der Waals surface area contributed by atoms with Gasteiger partial charge >= 0.3 is 6.03 Å². The molecule has 2 atom stereocenters. The minimum atomic E-state index is -0.768. The van der Waals surface area contributed by atoms with Crippen LogP contribution < -0.4 is 15.0 Å². The monoisotopic (exact) mass is 584 g/mol. The number of anilines is 1. The van der Waals surface area contributed by atoms with Gasteiger partial charge in [-0.3, -0.25) is 14.6 Å². The lowest BCUT2D eigenvalue weighted by molar-refractivity contribution is -0.157. The fourth-order valence-corrected chi connectivity index (χ4v) is 6.17. The number of para-hydroxylation sites is 1. The summed E-state index contributed by atoms with van der Waals surface area (Å²) in [7, 11) is 3.66. The van der Waals surface area contributed by atoms with E-state index < -0.39 is 12.2 Å². The van der Waals surface area contributed by atoms with Crippen molar-refractivity contribution in [3.8, 4) is 11.5 Å². The molecule has 11 heteroatoms. The summed E-state index contributed by atoms with van der Waals surface area (Å²) >= 11 is 0. The zero-order chi connectivity index (χ0) is 30.1. The van der Waals surface area contributed by atoms with E-state index >= 15 is 0 Å². The molecule has 0 aliphatic carbocycles. The van der Waals surface area contributed by atoms with Gasteiger partial charge in [-0.1, -0.05) is 54.6 Å². The summed E-state index contributed by atoms with van der Waals surface area (Å²) in [5.41, 5.74) is 3.69. The smallest absolute Gasteiger partial charge is 0.332 e. The quantitative estimate of drug-likeness (QED) is 0.439. The number of nitrogens with one attached hydrogen (secondary N) is 1. The molecule has 3 aliphatic rings. The Morgan fingerprint density at radius 3 is 2.56 bits per heavy atom. The van der Waals surface area contributed by atoms with Crippen molar-refractivity contribution >= 4 is 23.5 Å². The molecule has 2 fully saturated rings. The van der Waals surface area contributed by atoms with Gasteiger partial charge in [0.25, 0.3) is 0 Å². The van der Waals surface area contributed by atoms with Crippen LogP contribution in [0.25, 0.3) is 0 Å². The number of amides is 4. The van der Waals surface area contributed by atoms with E-state index in [1.807, 2.05) is 55.6 Å². The Morgan fingerprint density at radius 1 is 1.02 bits per heavy atom. The molecule has 0 spiro atoms. The minimum Gasteiger partial charge on any atom is -0.508 e. The minimum absolute atomic E-state index is 0.0234. The number of aromatic hydroxyl groups is 1. The van der Waals surface area contributed by atoms with Crippen LogP contribution in [0.2, 0.25) is 0 Å². The van der Waals surface area contributed by atoms with Crippen LogP contribution in [0.3, 0.4) is 0 Å². The number of nitrogens with zero attached hydrogens (tertiary/aromatic N) is 5. The first-order valence-electron chi connectivity index (χ1n) is 14.5. The number of hydrogen-bond donors (Lipinski definition) is 2. The lowest BCUT2D eigenvalue weighted by Gasteiger charge is -2.46. The molecule has 0 bridgehead atoms. The zero-order valence-corrected chi connectivity index (χ0v) is 24.3. The molecule has 2 saturated heterocycles. The molecule has 0 saturated carbocycles. The molecule has 2 N–H and O–H groups in total. The summed E-state index contributed by atoms with van der Waals surface area (Å²) in [5, 5.41) is 15.9. The summed E-state index contributed by atoms with van der Waals surface area (Å²) in [6, 6.07) is 21.0. The number of urea groups is 1. The maximum atomic E-state index is 14.1. The maximum Gasteiger partial charge on any atom is 0.332 e. The molecule has 43 heavy (non-hydrogen) atoms. The topological polar surface area (TPSA) is 109 Å². The lowest BCUT2D eigenvalue weighted by Crippen LogP contribution is -2.65. The lowest BCUT2D eigenvalue weighted by atomic mass is 9.99. The van der Waals surface area contributed by atoms with Crippen molar-refractivity contribution in [2.24, 2.45) is 0 Å². The van der Waals surface area contributed by atoms with Crippen molar-refractivity contribution < 1.29 is 24.2 Å². The van der Waals surface area contributed by atoms with Crippen LogP contribution in [0.5, 0.6) is 11.5 Å². The first-order chi connectivity index (χ1) is 20.8. The number of phenolic OH excluding ortho intramolecular Hbond substituents is 1. The van der Waals surface area contributed by atoms with Crippen molar-refractivity contribution in [2.45, 2.75) is 31.7 Å². The SMILES string of the molecule is CN1CCOc2cccc(CN3C[C@H]4N(C(=O)CN4N(C)C(=O)NCc4ccccc4)[C@@H](Cc4ccc(O)cc4)C3=O)c21. The van der Waals surface area contributed by atoms with E-state index in [1.165, 1.54) is 5.01 Å². The second-order valence-electron chi connectivity index (χ2n) is 11.2. The molecule has 6 rings (SSSR count). The van der Waals surface area contributed by atoms with Crippen LogP contribution in [0.4, 0.5) is 10.5 Å². The Morgan fingerprint density at radius 2 is 1.79 bits per heavy atom.